The van der Waals surface area contributed by atoms with Crippen LogP contribution in [0.2, 0.25) is 0 Å². The Bertz CT molecular complexity index is 568. The number of alkyl halides is 1. The standard InChI is InChI=1S/C12H13IN4P/c1-13-3-2-10-6-14-12(15-7-10)11-8-16-17(9-11)4-5-18/h6-9H,4-5,18H2,1H3/q-1. The number of hydrogen-bond acceptors (Lipinski definition) is 3. The summed E-state index contributed by atoms with van der Waals surface area (Å²) in [6, 6.07) is 0. The molecule has 0 spiro atoms. The van der Waals surface area contributed by atoms with Gasteiger partial charge in [0.05, 0.1) is 0 Å². The third-order valence-electron chi connectivity index (χ3n) is 2.19. The number of aromatic nitrogens is 4. The first-order chi connectivity index (χ1) is 8.83. The third kappa shape index (κ3) is 3.50. The van der Waals surface area contributed by atoms with Crippen LogP contribution in [0.1, 0.15) is 5.56 Å². The molecule has 2 heterocycles. The summed E-state index contributed by atoms with van der Waals surface area (Å²) in [5, 5.41) is 4.25. The van der Waals surface area contributed by atoms with Crippen LogP contribution in [0.15, 0.2) is 24.8 Å². The van der Waals surface area contributed by atoms with E-state index in [0.29, 0.717) is 5.82 Å². The van der Waals surface area contributed by atoms with E-state index in [9.17, 15) is 0 Å². The van der Waals surface area contributed by atoms with Crippen LogP contribution in [0.3, 0.4) is 0 Å². The normalized spacial score (nSPS) is 10.1. The SMILES string of the molecule is C[I-]C#Cc1cnc(-c2cnn(CCP)c2)nc1. The van der Waals surface area contributed by atoms with E-state index in [4.69, 9.17) is 0 Å². The van der Waals surface area contributed by atoms with E-state index < -0.39 is 0 Å². The van der Waals surface area contributed by atoms with E-state index in [2.05, 4.69) is 39.1 Å². The van der Waals surface area contributed by atoms with Gasteiger partial charge < -0.3 is 0 Å². The van der Waals surface area contributed by atoms with Gasteiger partial charge in [0.1, 0.15) is 0 Å². The average molecular weight is 371 g/mol. The molecule has 18 heavy (non-hydrogen) atoms. The molecule has 2 aromatic rings. The molecule has 94 valence electrons. The Morgan fingerprint density at radius 2 is 2.11 bits per heavy atom. The van der Waals surface area contributed by atoms with Gasteiger partial charge in [-0.3, -0.25) is 0 Å². The molecule has 0 amide bonds. The fourth-order valence-corrected chi connectivity index (χ4v) is 2.22. The summed E-state index contributed by atoms with van der Waals surface area (Å²) < 4.78 is 5.00. The van der Waals surface area contributed by atoms with Gasteiger partial charge in [-0.05, 0) is 0 Å². The molecule has 0 saturated heterocycles. The van der Waals surface area contributed by atoms with Crippen LogP contribution >= 0.6 is 9.24 Å². The Kier molecular flexibility index (Phi) is 5.09. The number of hydrogen-bond donors (Lipinski definition) is 0. The first kappa shape index (κ1) is 13.4. The fraction of sp³-hybridized carbons (Fsp3) is 0.250. The van der Waals surface area contributed by atoms with Gasteiger partial charge in [0.15, 0.2) is 0 Å². The monoisotopic (exact) mass is 371 g/mol. The van der Waals surface area contributed by atoms with Crippen molar-refractivity contribution in [1.29, 1.82) is 0 Å². The van der Waals surface area contributed by atoms with Gasteiger partial charge in [-0.1, -0.05) is 0 Å². The number of halogens is 1. The molecular formula is C12H13IN4P-. The molecule has 0 radical (unpaired) electrons. The predicted molar refractivity (Wildman–Crippen MR) is 70.6 cm³/mol. The zero-order chi connectivity index (χ0) is 12.8. The maximum atomic E-state index is 4.32. The summed E-state index contributed by atoms with van der Waals surface area (Å²) in [5.74, 6) is 3.74. The summed E-state index contributed by atoms with van der Waals surface area (Å²) in [6.45, 7) is 0.883. The Hall–Kier alpha value is -0.990. The topological polar surface area (TPSA) is 43.6 Å². The Morgan fingerprint density at radius 3 is 2.78 bits per heavy atom. The first-order valence-corrected chi connectivity index (χ1v) is 9.43. The quantitative estimate of drug-likeness (QED) is 0.278. The molecule has 4 nitrogen and oxygen atoms in total. The van der Waals surface area contributed by atoms with Crippen molar-refractivity contribution >= 4 is 9.24 Å². The molecule has 0 saturated carbocycles. The molecular weight excluding hydrogens is 358 g/mol. The Labute approximate surface area is 119 Å². The molecule has 1 unspecified atom stereocenters. The van der Waals surface area contributed by atoms with Gasteiger partial charge >= 0.3 is 119 Å². The minimum atomic E-state index is -0.00399. The molecule has 0 aromatic carbocycles. The van der Waals surface area contributed by atoms with Gasteiger partial charge in [0, 0.05) is 0 Å². The Morgan fingerprint density at radius 1 is 1.33 bits per heavy atom. The second-order valence-electron chi connectivity index (χ2n) is 3.48. The zero-order valence-corrected chi connectivity index (χ0v) is 13.3. The summed E-state index contributed by atoms with van der Waals surface area (Å²) in [6.07, 6.45) is 8.26. The summed E-state index contributed by atoms with van der Waals surface area (Å²) >= 11 is -0.00399. The second-order valence-corrected chi connectivity index (χ2v) is 5.68. The maximum absolute atomic E-state index is 4.32. The van der Waals surface area contributed by atoms with Gasteiger partial charge in [-0.25, -0.2) is 0 Å². The van der Waals surface area contributed by atoms with Crippen LogP contribution < -0.4 is 21.2 Å². The van der Waals surface area contributed by atoms with Crippen LogP contribution in [0.4, 0.5) is 0 Å². The molecule has 0 aliphatic rings. The van der Waals surface area contributed by atoms with E-state index >= 15 is 0 Å². The van der Waals surface area contributed by atoms with Crippen LogP contribution in [0.25, 0.3) is 11.4 Å². The summed E-state index contributed by atoms with van der Waals surface area (Å²) in [4.78, 5) is 10.8. The summed E-state index contributed by atoms with van der Waals surface area (Å²) in [7, 11) is 2.68. The van der Waals surface area contributed by atoms with E-state index in [0.717, 1.165) is 23.8 Å². The van der Waals surface area contributed by atoms with Crippen LogP contribution in [0.5, 0.6) is 0 Å². The van der Waals surface area contributed by atoms with Gasteiger partial charge in [0.2, 0.25) is 0 Å². The number of aryl methyl sites for hydroxylation is 1. The molecule has 0 aliphatic carbocycles. The molecule has 2 rings (SSSR count). The molecule has 0 N–H and O–H groups in total. The van der Waals surface area contributed by atoms with Crippen molar-refractivity contribution < 1.29 is 21.2 Å². The van der Waals surface area contributed by atoms with Crippen LogP contribution in [0, 0.1) is 9.85 Å². The van der Waals surface area contributed by atoms with Crippen molar-refractivity contribution in [3.63, 3.8) is 0 Å². The number of nitrogens with zero attached hydrogens (tertiary/aromatic N) is 4. The Balaban J connectivity index is 2.17. The summed E-state index contributed by atoms with van der Waals surface area (Å²) in [5.41, 5.74) is 1.81. The first-order valence-electron chi connectivity index (χ1n) is 5.38. The van der Waals surface area contributed by atoms with E-state index in [1.807, 2.05) is 10.9 Å². The average Bonchev–Trinajstić information content (AvgIpc) is 2.86. The fourth-order valence-electron chi connectivity index (χ4n) is 1.38. The minimum absolute atomic E-state index is 0.00399. The molecule has 0 bridgehead atoms. The molecule has 0 aliphatic heterocycles. The number of rotatable bonds is 3. The van der Waals surface area contributed by atoms with Crippen LogP contribution in [-0.2, 0) is 6.54 Å². The third-order valence-corrected chi connectivity index (χ3v) is 3.25. The van der Waals surface area contributed by atoms with Crippen molar-refractivity contribution in [2.75, 3.05) is 11.1 Å². The van der Waals surface area contributed by atoms with Crippen molar-refractivity contribution in [1.82, 2.24) is 19.7 Å². The van der Waals surface area contributed by atoms with Crippen molar-refractivity contribution in [3.8, 4) is 21.2 Å². The van der Waals surface area contributed by atoms with Crippen molar-refractivity contribution in [2.24, 2.45) is 0 Å². The molecule has 6 heteroatoms. The van der Waals surface area contributed by atoms with E-state index in [-0.39, 0.29) is 21.2 Å². The van der Waals surface area contributed by atoms with Crippen LogP contribution in [-0.4, -0.2) is 30.8 Å². The van der Waals surface area contributed by atoms with E-state index in [1.54, 1.807) is 18.6 Å². The van der Waals surface area contributed by atoms with Crippen molar-refractivity contribution in [3.05, 3.63) is 30.4 Å². The van der Waals surface area contributed by atoms with Gasteiger partial charge in [-0.15, -0.1) is 0 Å². The van der Waals surface area contributed by atoms with Gasteiger partial charge in [-0.2, -0.15) is 0 Å². The van der Waals surface area contributed by atoms with Crippen molar-refractivity contribution in [2.45, 2.75) is 6.54 Å². The van der Waals surface area contributed by atoms with E-state index in [1.165, 1.54) is 0 Å². The molecule has 0 fully saturated rings. The predicted octanol–water partition coefficient (Wildman–Crippen LogP) is -1.76. The van der Waals surface area contributed by atoms with Gasteiger partial charge in [0.25, 0.3) is 0 Å². The molecule has 1 atom stereocenters. The second kappa shape index (κ2) is 6.81. The molecule has 2 aromatic heterocycles. The zero-order valence-electron chi connectivity index (χ0n) is 9.97.